The van der Waals surface area contributed by atoms with Gasteiger partial charge in [0.1, 0.15) is 0 Å². The fourth-order valence-corrected chi connectivity index (χ4v) is 5.62. The van der Waals surface area contributed by atoms with Crippen molar-refractivity contribution in [2.24, 2.45) is 5.92 Å². The van der Waals surface area contributed by atoms with E-state index in [1.165, 1.54) is 12.8 Å². The number of anilines is 1. The van der Waals surface area contributed by atoms with Crippen LogP contribution in [0.25, 0.3) is 10.9 Å². The lowest BCUT2D eigenvalue weighted by Gasteiger charge is -2.33. The lowest BCUT2D eigenvalue weighted by atomic mass is 9.94. The van der Waals surface area contributed by atoms with Crippen LogP contribution in [0.2, 0.25) is 0 Å². The molecule has 3 aliphatic rings. The topological polar surface area (TPSA) is 85.1 Å². The average molecular weight is 408 g/mol. The van der Waals surface area contributed by atoms with Gasteiger partial charge in [0, 0.05) is 43.3 Å². The highest BCUT2D eigenvalue weighted by Crippen LogP contribution is 2.51. The number of H-pyrrole nitrogens is 1. The molecular weight excluding hydrogens is 378 g/mol. The van der Waals surface area contributed by atoms with Crippen molar-refractivity contribution in [1.29, 1.82) is 5.26 Å². The number of nitrogens with zero attached hydrogens (tertiary/aromatic N) is 4. The summed E-state index contributed by atoms with van der Waals surface area (Å²) in [7, 11) is 2.16. The van der Waals surface area contributed by atoms with E-state index in [1.54, 1.807) is 4.57 Å². The molecule has 0 radical (unpaired) electrons. The predicted molar refractivity (Wildman–Crippen MR) is 117 cm³/mol. The Kier molecular flexibility index (Phi) is 4.51. The summed E-state index contributed by atoms with van der Waals surface area (Å²) >= 11 is 0. The number of nitriles is 1. The molecule has 2 aliphatic carbocycles. The largest absolute Gasteiger partial charge is 0.371 e. The molecule has 1 atom stereocenters. The van der Waals surface area contributed by atoms with Gasteiger partial charge in [0.25, 0.3) is 5.56 Å². The molecule has 2 heterocycles. The molecule has 1 aliphatic heterocycles. The molecule has 0 spiro atoms. The zero-order valence-electron chi connectivity index (χ0n) is 17.8. The van der Waals surface area contributed by atoms with Crippen molar-refractivity contribution in [2.75, 3.05) is 31.6 Å². The molecule has 1 aromatic carbocycles. The summed E-state index contributed by atoms with van der Waals surface area (Å²) in [5, 5.41) is 9.55. The standard InChI is InChI=1S/C23H29N5O2/c1-15-19(7-6-18-20(15)28(17-4-5-17)22(30)25-21(18)29)27-13-8-16(14-27)23(9-10-23)26(2)12-3-11-24/h6-7,16-17H,3-5,8-10,12-14H2,1-2H3,(H,25,29,30). The van der Waals surface area contributed by atoms with Crippen molar-refractivity contribution in [2.45, 2.75) is 57.0 Å². The highest BCUT2D eigenvalue weighted by atomic mass is 16.2. The van der Waals surface area contributed by atoms with Gasteiger partial charge in [0.2, 0.25) is 0 Å². The second-order valence-electron chi connectivity index (χ2n) is 9.33. The molecule has 1 aromatic heterocycles. The molecular formula is C23H29N5O2. The third-order valence-electron chi connectivity index (χ3n) is 7.61. The predicted octanol–water partition coefficient (Wildman–Crippen LogP) is 2.54. The van der Waals surface area contributed by atoms with Crippen molar-refractivity contribution in [3.63, 3.8) is 0 Å². The number of hydrogen-bond acceptors (Lipinski definition) is 5. The van der Waals surface area contributed by atoms with Crippen LogP contribution in [0.4, 0.5) is 5.69 Å². The van der Waals surface area contributed by atoms with Crippen LogP contribution in [0.5, 0.6) is 0 Å². The van der Waals surface area contributed by atoms with Crippen LogP contribution >= 0.6 is 0 Å². The van der Waals surface area contributed by atoms with Crippen LogP contribution in [-0.4, -0.2) is 46.7 Å². The first-order valence-electron chi connectivity index (χ1n) is 11.1. The number of rotatable bonds is 6. The van der Waals surface area contributed by atoms with Crippen LogP contribution in [0.15, 0.2) is 21.7 Å². The number of aryl methyl sites for hydroxylation is 1. The maximum Gasteiger partial charge on any atom is 0.329 e. The van der Waals surface area contributed by atoms with E-state index >= 15 is 0 Å². The third-order valence-corrected chi connectivity index (χ3v) is 7.61. The number of benzene rings is 1. The van der Waals surface area contributed by atoms with Crippen LogP contribution in [0, 0.1) is 24.2 Å². The third kappa shape index (κ3) is 2.97. The molecule has 1 saturated heterocycles. The van der Waals surface area contributed by atoms with Gasteiger partial charge in [-0.2, -0.15) is 5.26 Å². The summed E-state index contributed by atoms with van der Waals surface area (Å²) < 4.78 is 1.81. The summed E-state index contributed by atoms with van der Waals surface area (Å²) in [5.41, 5.74) is 2.64. The number of aromatic amines is 1. The normalized spacial score (nSPS) is 22.6. The molecule has 0 bridgehead atoms. The van der Waals surface area contributed by atoms with E-state index in [9.17, 15) is 9.59 Å². The Morgan fingerprint density at radius 2 is 2.03 bits per heavy atom. The minimum Gasteiger partial charge on any atom is -0.371 e. The monoisotopic (exact) mass is 407 g/mol. The Labute approximate surface area is 175 Å². The van der Waals surface area contributed by atoms with Crippen molar-refractivity contribution in [3.8, 4) is 6.07 Å². The average Bonchev–Trinajstić information content (AvgIpc) is 3.66. The van der Waals surface area contributed by atoms with E-state index in [0.29, 0.717) is 17.7 Å². The zero-order chi connectivity index (χ0) is 21.0. The van der Waals surface area contributed by atoms with Gasteiger partial charge in [-0.25, -0.2) is 4.79 Å². The second kappa shape index (κ2) is 6.98. The molecule has 0 amide bonds. The quantitative estimate of drug-likeness (QED) is 0.795. The van der Waals surface area contributed by atoms with E-state index in [0.717, 1.165) is 55.7 Å². The summed E-state index contributed by atoms with van der Waals surface area (Å²) in [4.78, 5) is 32.3. The van der Waals surface area contributed by atoms with Crippen molar-refractivity contribution in [3.05, 3.63) is 38.5 Å². The minimum absolute atomic E-state index is 0.209. The molecule has 1 N–H and O–H groups in total. The van der Waals surface area contributed by atoms with E-state index in [-0.39, 0.29) is 22.8 Å². The van der Waals surface area contributed by atoms with Gasteiger partial charge in [-0.05, 0) is 69.7 Å². The molecule has 7 nitrogen and oxygen atoms in total. The minimum atomic E-state index is -0.295. The zero-order valence-corrected chi connectivity index (χ0v) is 17.8. The van der Waals surface area contributed by atoms with Crippen LogP contribution in [0.3, 0.4) is 0 Å². The van der Waals surface area contributed by atoms with E-state index < -0.39 is 0 Å². The molecule has 3 fully saturated rings. The number of fused-ring (bicyclic) bond motifs is 1. The molecule has 5 rings (SSSR count). The van der Waals surface area contributed by atoms with Gasteiger partial charge < -0.3 is 4.90 Å². The second-order valence-corrected chi connectivity index (χ2v) is 9.33. The van der Waals surface area contributed by atoms with Crippen molar-refractivity contribution in [1.82, 2.24) is 14.5 Å². The fourth-order valence-electron chi connectivity index (χ4n) is 5.62. The molecule has 7 heteroatoms. The fraction of sp³-hybridized carbons (Fsp3) is 0.609. The molecule has 30 heavy (non-hydrogen) atoms. The lowest BCUT2D eigenvalue weighted by Crippen LogP contribution is -2.42. The SMILES string of the molecule is Cc1c(N2CCC(C3(N(C)CCC#N)CC3)C2)ccc2c(=O)[nH]c(=O)n(C3CC3)c12. The Bertz CT molecular complexity index is 1150. The van der Waals surface area contributed by atoms with Crippen molar-refractivity contribution >= 4 is 16.6 Å². The first-order chi connectivity index (χ1) is 14.5. The highest BCUT2D eigenvalue weighted by Gasteiger charge is 2.53. The molecule has 2 saturated carbocycles. The van der Waals surface area contributed by atoms with Gasteiger partial charge in [-0.1, -0.05) is 0 Å². The van der Waals surface area contributed by atoms with Gasteiger partial charge in [0.05, 0.1) is 17.0 Å². The summed E-state index contributed by atoms with van der Waals surface area (Å²) in [6.45, 7) is 4.86. The highest BCUT2D eigenvalue weighted by molar-refractivity contribution is 5.87. The Hall–Kier alpha value is -2.59. The molecule has 158 valence electrons. The lowest BCUT2D eigenvalue weighted by molar-refractivity contribution is 0.164. The van der Waals surface area contributed by atoms with Crippen LogP contribution < -0.4 is 16.1 Å². The van der Waals surface area contributed by atoms with Gasteiger partial charge in [-0.15, -0.1) is 0 Å². The van der Waals surface area contributed by atoms with Crippen LogP contribution in [-0.2, 0) is 0 Å². The van der Waals surface area contributed by atoms with E-state index in [4.69, 9.17) is 5.26 Å². The smallest absolute Gasteiger partial charge is 0.329 e. The van der Waals surface area contributed by atoms with E-state index in [1.807, 2.05) is 6.07 Å². The van der Waals surface area contributed by atoms with Crippen molar-refractivity contribution < 1.29 is 0 Å². The number of aromatic nitrogens is 2. The Morgan fingerprint density at radius 1 is 1.27 bits per heavy atom. The van der Waals surface area contributed by atoms with E-state index in [2.05, 4.69) is 40.9 Å². The summed E-state index contributed by atoms with van der Waals surface area (Å²) in [5.74, 6) is 0.584. The molecule has 1 unspecified atom stereocenters. The maximum absolute atomic E-state index is 12.5. The summed E-state index contributed by atoms with van der Waals surface area (Å²) in [6, 6.07) is 6.41. The van der Waals surface area contributed by atoms with Gasteiger partial charge >= 0.3 is 5.69 Å². The molecule has 2 aromatic rings. The first kappa shape index (κ1) is 19.4. The van der Waals surface area contributed by atoms with Gasteiger partial charge in [0.15, 0.2) is 0 Å². The first-order valence-corrected chi connectivity index (χ1v) is 11.1. The number of hydrogen-bond donors (Lipinski definition) is 1. The van der Waals surface area contributed by atoms with Gasteiger partial charge in [-0.3, -0.25) is 19.2 Å². The maximum atomic E-state index is 12.5. The Balaban J connectivity index is 1.47. The van der Waals surface area contributed by atoms with Crippen LogP contribution in [0.1, 0.15) is 50.1 Å². The Morgan fingerprint density at radius 3 is 2.70 bits per heavy atom. The summed E-state index contributed by atoms with van der Waals surface area (Å²) in [6.07, 6.45) is 6.12. The number of nitrogens with one attached hydrogen (secondary N) is 1.